The fraction of sp³-hybridized carbons (Fsp3) is 0.895. The van der Waals surface area contributed by atoms with E-state index < -0.39 is 0 Å². The van der Waals surface area contributed by atoms with E-state index in [-0.39, 0.29) is 11.4 Å². The monoisotopic (exact) mass is 297 g/mol. The van der Waals surface area contributed by atoms with Crippen molar-refractivity contribution in [3.63, 3.8) is 0 Å². The lowest BCUT2D eigenvalue weighted by atomic mass is 9.99. The topological polar surface area (TPSA) is 26.3 Å². The molecular formula is C19H37O2. The Morgan fingerprint density at radius 3 is 1.71 bits per heavy atom. The smallest absolute Gasteiger partial charge is 0.305 e. The van der Waals surface area contributed by atoms with E-state index in [4.69, 9.17) is 4.74 Å². The van der Waals surface area contributed by atoms with Gasteiger partial charge in [0.05, 0.1) is 6.61 Å². The van der Waals surface area contributed by atoms with Gasteiger partial charge >= 0.3 is 5.97 Å². The summed E-state index contributed by atoms with van der Waals surface area (Å²) in [6, 6.07) is 0. The molecule has 0 saturated heterocycles. The van der Waals surface area contributed by atoms with Crippen LogP contribution in [0.15, 0.2) is 0 Å². The molecule has 0 aliphatic carbocycles. The summed E-state index contributed by atoms with van der Waals surface area (Å²) < 4.78 is 5.20. The number of hydrogen-bond donors (Lipinski definition) is 0. The van der Waals surface area contributed by atoms with Gasteiger partial charge in [-0.3, -0.25) is 4.79 Å². The maximum absolute atomic E-state index is 11.5. The van der Waals surface area contributed by atoms with Crippen LogP contribution in [0.25, 0.3) is 0 Å². The summed E-state index contributed by atoms with van der Waals surface area (Å²) in [6.07, 6.45) is 14.9. The summed E-state index contributed by atoms with van der Waals surface area (Å²) in [5.41, 5.74) is -0.174. The van der Waals surface area contributed by atoms with Crippen molar-refractivity contribution in [1.29, 1.82) is 0 Å². The Balaban J connectivity index is 3.20. The average molecular weight is 298 g/mol. The van der Waals surface area contributed by atoms with Crippen molar-refractivity contribution in [2.24, 2.45) is 5.41 Å². The molecule has 21 heavy (non-hydrogen) atoms. The molecule has 0 fully saturated rings. The van der Waals surface area contributed by atoms with Crippen molar-refractivity contribution in [2.75, 3.05) is 6.61 Å². The van der Waals surface area contributed by atoms with Crippen LogP contribution >= 0.6 is 0 Å². The van der Waals surface area contributed by atoms with E-state index in [1.54, 1.807) is 0 Å². The molecule has 0 amide bonds. The van der Waals surface area contributed by atoms with Crippen molar-refractivity contribution in [3.05, 3.63) is 6.92 Å². The van der Waals surface area contributed by atoms with Gasteiger partial charge in [-0.2, -0.15) is 0 Å². The third-order valence-corrected chi connectivity index (χ3v) is 3.61. The third kappa shape index (κ3) is 17.4. The zero-order valence-corrected chi connectivity index (χ0v) is 14.7. The highest BCUT2D eigenvalue weighted by Crippen LogP contribution is 2.14. The molecule has 0 aromatic carbocycles. The Morgan fingerprint density at radius 2 is 1.29 bits per heavy atom. The second-order valence-electron chi connectivity index (χ2n) is 7.11. The Bertz CT molecular complexity index is 240. The predicted octanol–water partition coefficient (Wildman–Crippen LogP) is 6.09. The molecule has 0 heterocycles. The third-order valence-electron chi connectivity index (χ3n) is 3.61. The minimum atomic E-state index is -0.174. The van der Waals surface area contributed by atoms with E-state index in [1.807, 2.05) is 13.8 Å². The van der Waals surface area contributed by atoms with Gasteiger partial charge in [-0.15, -0.1) is 0 Å². The molecule has 0 aliphatic heterocycles. The lowest BCUT2D eigenvalue weighted by Gasteiger charge is -2.17. The van der Waals surface area contributed by atoms with Crippen LogP contribution in [0, 0.1) is 12.3 Å². The number of ether oxygens (including phenoxy) is 1. The Hall–Kier alpha value is -0.530. The molecule has 0 saturated carbocycles. The van der Waals surface area contributed by atoms with E-state index in [9.17, 15) is 4.79 Å². The first kappa shape index (κ1) is 20.5. The highest BCUT2D eigenvalue weighted by molar-refractivity contribution is 5.69. The second-order valence-corrected chi connectivity index (χ2v) is 7.11. The van der Waals surface area contributed by atoms with Crippen LogP contribution in [0.5, 0.6) is 0 Å². The molecule has 2 nitrogen and oxygen atoms in total. The summed E-state index contributed by atoms with van der Waals surface area (Å²) in [5, 5.41) is 0. The van der Waals surface area contributed by atoms with Gasteiger partial charge in [0, 0.05) is 6.42 Å². The maximum atomic E-state index is 11.5. The number of carbonyl (C=O) groups excluding carboxylic acids is 1. The number of unbranched alkanes of at least 4 members (excludes halogenated alkanes) is 10. The fourth-order valence-corrected chi connectivity index (χ4v) is 2.28. The summed E-state index contributed by atoms with van der Waals surface area (Å²) in [6.45, 7) is 10.6. The first-order valence-electron chi connectivity index (χ1n) is 8.96. The van der Waals surface area contributed by atoms with Crippen molar-refractivity contribution in [2.45, 2.75) is 97.8 Å². The number of carbonyl (C=O) groups is 1. The van der Waals surface area contributed by atoms with E-state index in [0.717, 1.165) is 12.8 Å². The number of rotatable bonds is 14. The van der Waals surface area contributed by atoms with Crippen LogP contribution < -0.4 is 0 Å². The van der Waals surface area contributed by atoms with Crippen molar-refractivity contribution in [3.8, 4) is 0 Å². The van der Waals surface area contributed by atoms with Crippen LogP contribution in [0.2, 0.25) is 0 Å². The molecule has 2 heteroatoms. The van der Waals surface area contributed by atoms with Gasteiger partial charge in [0.1, 0.15) is 0 Å². The molecule has 0 aliphatic rings. The fourth-order valence-electron chi connectivity index (χ4n) is 2.28. The molecule has 1 radical (unpaired) electrons. The molecule has 0 bridgehead atoms. The van der Waals surface area contributed by atoms with E-state index in [2.05, 4.69) is 13.8 Å². The first-order valence-corrected chi connectivity index (χ1v) is 8.96. The van der Waals surface area contributed by atoms with Crippen LogP contribution in [-0.4, -0.2) is 12.6 Å². The van der Waals surface area contributed by atoms with Gasteiger partial charge in [0.2, 0.25) is 0 Å². The van der Waals surface area contributed by atoms with Gasteiger partial charge in [-0.1, -0.05) is 85.0 Å². The van der Waals surface area contributed by atoms with Gasteiger partial charge in [-0.25, -0.2) is 0 Å². The summed E-state index contributed by atoms with van der Waals surface area (Å²) in [7, 11) is 0. The molecule has 125 valence electrons. The molecular weight excluding hydrogens is 260 g/mol. The molecule has 0 N–H and O–H groups in total. The highest BCUT2D eigenvalue weighted by atomic mass is 16.5. The van der Waals surface area contributed by atoms with Gasteiger partial charge in [0.15, 0.2) is 0 Å². The van der Waals surface area contributed by atoms with Crippen LogP contribution in [0.4, 0.5) is 0 Å². The maximum Gasteiger partial charge on any atom is 0.305 e. The van der Waals surface area contributed by atoms with Crippen LogP contribution in [0.1, 0.15) is 97.8 Å². The Labute approximate surface area is 133 Å². The van der Waals surface area contributed by atoms with Gasteiger partial charge in [0.25, 0.3) is 0 Å². The molecule has 0 rings (SSSR count). The van der Waals surface area contributed by atoms with Crippen LogP contribution in [-0.2, 0) is 9.53 Å². The highest BCUT2D eigenvalue weighted by Gasteiger charge is 2.13. The van der Waals surface area contributed by atoms with Crippen molar-refractivity contribution >= 4 is 5.97 Å². The largest absolute Gasteiger partial charge is 0.465 e. The number of esters is 1. The molecule has 0 atom stereocenters. The SMILES string of the molecule is [CH2]C(C)(C)COC(=O)CCCCCCCCCCCCC. The standard InChI is InChI=1S/C19H37O2/c1-5-6-7-8-9-10-11-12-13-14-15-16-18(20)21-17-19(2,3)4/h2,5-17H2,1,3-4H3. The zero-order valence-electron chi connectivity index (χ0n) is 14.7. The lowest BCUT2D eigenvalue weighted by Crippen LogP contribution is -2.18. The quantitative estimate of drug-likeness (QED) is 0.286. The Morgan fingerprint density at radius 1 is 0.857 bits per heavy atom. The first-order chi connectivity index (χ1) is 9.95. The summed E-state index contributed by atoms with van der Waals surface area (Å²) >= 11 is 0. The predicted molar refractivity (Wildman–Crippen MR) is 91.2 cm³/mol. The molecule has 0 unspecified atom stereocenters. The van der Waals surface area contributed by atoms with E-state index in [1.165, 1.54) is 57.8 Å². The molecule has 0 aromatic heterocycles. The molecule has 0 spiro atoms. The van der Waals surface area contributed by atoms with E-state index in [0.29, 0.717) is 13.0 Å². The minimum absolute atomic E-state index is 0.0670. The van der Waals surface area contributed by atoms with E-state index >= 15 is 0 Å². The number of hydrogen-bond acceptors (Lipinski definition) is 2. The minimum Gasteiger partial charge on any atom is -0.465 e. The van der Waals surface area contributed by atoms with Crippen LogP contribution in [0.3, 0.4) is 0 Å². The normalized spacial score (nSPS) is 11.6. The summed E-state index contributed by atoms with van der Waals surface area (Å²) in [4.78, 5) is 11.5. The lowest BCUT2D eigenvalue weighted by molar-refractivity contribution is -0.146. The zero-order chi connectivity index (χ0) is 16.0. The Kier molecular flexibility index (Phi) is 12.8. The van der Waals surface area contributed by atoms with Gasteiger partial charge < -0.3 is 4.74 Å². The van der Waals surface area contributed by atoms with Crippen molar-refractivity contribution < 1.29 is 9.53 Å². The molecule has 0 aromatic rings. The van der Waals surface area contributed by atoms with Gasteiger partial charge in [-0.05, 0) is 18.8 Å². The second kappa shape index (κ2) is 13.2. The summed E-state index contributed by atoms with van der Waals surface area (Å²) in [5.74, 6) is -0.0670. The average Bonchev–Trinajstić information content (AvgIpc) is 2.42. The van der Waals surface area contributed by atoms with Crippen molar-refractivity contribution in [1.82, 2.24) is 0 Å².